The van der Waals surface area contributed by atoms with Gasteiger partial charge in [0.05, 0.1) is 12.1 Å². The maximum absolute atomic E-state index is 12.1. The van der Waals surface area contributed by atoms with Crippen molar-refractivity contribution in [1.29, 1.82) is 0 Å². The summed E-state index contributed by atoms with van der Waals surface area (Å²) in [5, 5.41) is 2.82. The summed E-state index contributed by atoms with van der Waals surface area (Å²) in [7, 11) is 1.79. The van der Waals surface area contributed by atoms with Crippen LogP contribution in [0.3, 0.4) is 0 Å². The molecule has 2 heterocycles. The van der Waals surface area contributed by atoms with E-state index in [2.05, 4.69) is 5.32 Å². The summed E-state index contributed by atoms with van der Waals surface area (Å²) < 4.78 is 5.58. The molecule has 0 radical (unpaired) electrons. The lowest BCUT2D eigenvalue weighted by atomic mass is 9.89. The van der Waals surface area contributed by atoms with Gasteiger partial charge in [-0.25, -0.2) is 4.79 Å². The van der Waals surface area contributed by atoms with Crippen LogP contribution in [0.2, 0.25) is 0 Å². The number of amides is 3. The lowest BCUT2D eigenvalue weighted by Gasteiger charge is -2.50. The number of carbonyl (C=O) groups is 2. The minimum absolute atomic E-state index is 0.0524. The topological polar surface area (TPSA) is 61.9 Å². The fourth-order valence-electron chi connectivity index (χ4n) is 2.95. The molecule has 1 aromatic rings. The molecule has 0 aromatic heterocycles. The first-order valence-corrected chi connectivity index (χ1v) is 7.58. The monoisotopic (exact) mass is 303 g/mol. The molecular formula is C16H21N3O3. The number of ether oxygens (including phenoxy) is 1. The van der Waals surface area contributed by atoms with Crippen LogP contribution in [0.1, 0.15) is 12.8 Å². The van der Waals surface area contributed by atoms with Gasteiger partial charge >= 0.3 is 6.03 Å². The molecule has 2 aliphatic heterocycles. The summed E-state index contributed by atoms with van der Waals surface area (Å²) in [5.41, 5.74) is -0.187. The molecule has 1 aromatic carbocycles. The first-order valence-electron chi connectivity index (χ1n) is 7.58. The van der Waals surface area contributed by atoms with Crippen LogP contribution >= 0.6 is 0 Å². The highest BCUT2D eigenvalue weighted by molar-refractivity contribution is 5.81. The number of rotatable bonds is 5. The Morgan fingerprint density at radius 3 is 2.68 bits per heavy atom. The van der Waals surface area contributed by atoms with Crippen molar-refractivity contribution < 1.29 is 14.3 Å². The minimum Gasteiger partial charge on any atom is -0.494 e. The number of nitrogens with zero attached hydrogens (tertiary/aromatic N) is 2. The lowest BCUT2D eigenvalue weighted by Crippen LogP contribution is -2.70. The van der Waals surface area contributed by atoms with E-state index < -0.39 is 0 Å². The largest absolute Gasteiger partial charge is 0.494 e. The van der Waals surface area contributed by atoms with Crippen LogP contribution in [0.15, 0.2) is 30.3 Å². The number of hydrogen-bond acceptors (Lipinski definition) is 3. The van der Waals surface area contributed by atoms with Crippen LogP contribution in [0.25, 0.3) is 0 Å². The van der Waals surface area contributed by atoms with E-state index in [1.54, 1.807) is 11.9 Å². The Bertz CT molecular complexity index is 555. The summed E-state index contributed by atoms with van der Waals surface area (Å²) in [6.07, 6.45) is 1.18. The van der Waals surface area contributed by atoms with Gasteiger partial charge in [0.1, 0.15) is 5.75 Å². The number of likely N-dealkylation sites (N-methyl/N-ethyl adjacent to an activating group) is 1. The van der Waals surface area contributed by atoms with E-state index >= 15 is 0 Å². The van der Waals surface area contributed by atoms with E-state index in [0.29, 0.717) is 39.1 Å². The molecule has 0 aliphatic carbocycles. The third kappa shape index (κ3) is 2.73. The average Bonchev–Trinajstić information content (AvgIpc) is 2.79. The molecule has 0 unspecified atom stereocenters. The van der Waals surface area contributed by atoms with Gasteiger partial charge in [0.15, 0.2) is 0 Å². The molecule has 0 atom stereocenters. The van der Waals surface area contributed by atoms with Gasteiger partial charge in [-0.05, 0) is 18.6 Å². The van der Waals surface area contributed by atoms with Gasteiger partial charge in [-0.15, -0.1) is 0 Å². The number of para-hydroxylation sites is 1. The van der Waals surface area contributed by atoms with E-state index in [9.17, 15) is 9.59 Å². The second-order valence-corrected chi connectivity index (χ2v) is 5.96. The number of likely N-dealkylation sites (tertiary alicyclic amines) is 1. The standard InChI is InChI=1S/C16H21N3O3/c1-18-15(21)17-10-16(18)11-19(12-16)14(20)8-5-9-22-13-6-3-2-4-7-13/h2-4,6-7H,5,8-12H2,1H3,(H,17,21). The molecule has 2 fully saturated rings. The van der Waals surface area contributed by atoms with Gasteiger partial charge in [0.2, 0.25) is 5.91 Å². The quantitative estimate of drug-likeness (QED) is 0.828. The zero-order chi connectivity index (χ0) is 15.6. The van der Waals surface area contributed by atoms with Crippen molar-refractivity contribution in [3.63, 3.8) is 0 Å². The van der Waals surface area contributed by atoms with Gasteiger partial charge in [-0.2, -0.15) is 0 Å². The molecule has 118 valence electrons. The Labute approximate surface area is 130 Å². The molecule has 0 saturated carbocycles. The van der Waals surface area contributed by atoms with E-state index in [0.717, 1.165) is 5.75 Å². The van der Waals surface area contributed by atoms with Crippen molar-refractivity contribution in [2.75, 3.05) is 33.3 Å². The number of nitrogens with one attached hydrogen (secondary N) is 1. The molecule has 0 bridgehead atoms. The van der Waals surface area contributed by atoms with Crippen molar-refractivity contribution in [3.8, 4) is 5.75 Å². The molecule has 22 heavy (non-hydrogen) atoms. The molecular weight excluding hydrogens is 282 g/mol. The molecule has 3 rings (SSSR count). The summed E-state index contributed by atoms with van der Waals surface area (Å²) in [6, 6.07) is 9.54. The smallest absolute Gasteiger partial charge is 0.317 e. The SMILES string of the molecule is CN1C(=O)NCC12CN(C(=O)CCCOc1ccccc1)C2. The molecule has 1 spiro atoms. The Hall–Kier alpha value is -2.24. The maximum Gasteiger partial charge on any atom is 0.317 e. The van der Waals surface area contributed by atoms with E-state index in [4.69, 9.17) is 4.74 Å². The molecule has 2 saturated heterocycles. The highest BCUT2D eigenvalue weighted by Crippen LogP contribution is 2.30. The first-order chi connectivity index (χ1) is 10.6. The molecule has 1 N–H and O–H groups in total. The molecule has 6 nitrogen and oxygen atoms in total. The predicted octanol–water partition coefficient (Wildman–Crippen LogP) is 1.08. The number of urea groups is 1. The fraction of sp³-hybridized carbons (Fsp3) is 0.500. The number of carbonyl (C=O) groups excluding carboxylic acids is 2. The van der Waals surface area contributed by atoms with Crippen molar-refractivity contribution >= 4 is 11.9 Å². The van der Waals surface area contributed by atoms with Crippen LogP contribution in [0, 0.1) is 0 Å². The number of benzene rings is 1. The lowest BCUT2D eigenvalue weighted by molar-refractivity contribution is -0.142. The van der Waals surface area contributed by atoms with Gasteiger partial charge in [-0.1, -0.05) is 18.2 Å². The highest BCUT2D eigenvalue weighted by atomic mass is 16.5. The molecule has 3 amide bonds. The summed E-state index contributed by atoms with van der Waals surface area (Å²) in [4.78, 5) is 27.1. The van der Waals surface area contributed by atoms with Crippen LogP contribution in [0.4, 0.5) is 4.79 Å². The van der Waals surface area contributed by atoms with Crippen molar-refractivity contribution in [3.05, 3.63) is 30.3 Å². The Kier molecular flexibility index (Phi) is 3.92. The van der Waals surface area contributed by atoms with Crippen LogP contribution < -0.4 is 10.1 Å². The Morgan fingerprint density at radius 2 is 2.05 bits per heavy atom. The van der Waals surface area contributed by atoms with Crippen molar-refractivity contribution in [2.24, 2.45) is 0 Å². The number of hydrogen-bond donors (Lipinski definition) is 1. The second kappa shape index (κ2) is 5.87. The van der Waals surface area contributed by atoms with Crippen LogP contribution in [-0.4, -0.2) is 60.6 Å². The zero-order valence-electron chi connectivity index (χ0n) is 12.7. The molecule has 6 heteroatoms. The summed E-state index contributed by atoms with van der Waals surface area (Å²) in [5.74, 6) is 0.963. The van der Waals surface area contributed by atoms with Crippen molar-refractivity contribution in [2.45, 2.75) is 18.4 Å². The van der Waals surface area contributed by atoms with Crippen LogP contribution in [-0.2, 0) is 4.79 Å². The van der Waals surface area contributed by atoms with Crippen molar-refractivity contribution in [1.82, 2.24) is 15.1 Å². The minimum atomic E-state index is -0.187. The zero-order valence-corrected chi connectivity index (χ0v) is 12.7. The maximum atomic E-state index is 12.1. The van der Waals surface area contributed by atoms with E-state index in [-0.39, 0.29) is 17.5 Å². The van der Waals surface area contributed by atoms with Gasteiger partial charge in [0.25, 0.3) is 0 Å². The van der Waals surface area contributed by atoms with Gasteiger partial charge < -0.3 is 19.9 Å². The second-order valence-electron chi connectivity index (χ2n) is 5.96. The normalized spacial score (nSPS) is 19.0. The fourth-order valence-corrected chi connectivity index (χ4v) is 2.95. The van der Waals surface area contributed by atoms with Crippen LogP contribution in [0.5, 0.6) is 5.75 Å². The third-order valence-electron chi connectivity index (χ3n) is 4.45. The summed E-state index contributed by atoms with van der Waals surface area (Å²) in [6.45, 7) is 2.42. The third-order valence-corrected chi connectivity index (χ3v) is 4.45. The summed E-state index contributed by atoms with van der Waals surface area (Å²) >= 11 is 0. The Balaban J connectivity index is 1.37. The van der Waals surface area contributed by atoms with E-state index in [1.165, 1.54) is 0 Å². The van der Waals surface area contributed by atoms with Gasteiger partial charge in [-0.3, -0.25) is 4.79 Å². The highest BCUT2D eigenvalue weighted by Gasteiger charge is 2.53. The Morgan fingerprint density at radius 1 is 1.32 bits per heavy atom. The van der Waals surface area contributed by atoms with Gasteiger partial charge in [0, 0.05) is 33.1 Å². The average molecular weight is 303 g/mol. The first kappa shape index (κ1) is 14.7. The van der Waals surface area contributed by atoms with E-state index in [1.807, 2.05) is 35.2 Å². The predicted molar refractivity (Wildman–Crippen MR) is 81.6 cm³/mol. The molecule has 2 aliphatic rings.